The van der Waals surface area contributed by atoms with Gasteiger partial charge in [-0.3, -0.25) is 9.98 Å². The number of hydrogen-bond donors (Lipinski definition) is 1. The molecule has 0 fully saturated rings. The molecule has 3 aromatic rings. The Morgan fingerprint density at radius 2 is 2.03 bits per heavy atom. The number of rotatable bonds is 5. The lowest BCUT2D eigenvalue weighted by atomic mass is 10.2. The minimum absolute atomic E-state index is 0.0898. The molecule has 1 atom stereocenters. The Bertz CT molecular complexity index is 1180. The van der Waals surface area contributed by atoms with Gasteiger partial charge in [0.05, 0.1) is 17.6 Å². The average Bonchev–Trinajstić information content (AvgIpc) is 3.08. The first-order chi connectivity index (χ1) is 14.9. The number of halogens is 3. The molecule has 0 amide bonds. The number of pyridine rings is 2. The molecule has 0 spiro atoms. The first kappa shape index (κ1) is 20.7. The molecule has 0 saturated carbocycles. The van der Waals surface area contributed by atoms with E-state index in [1.807, 2.05) is 0 Å². The van der Waals surface area contributed by atoms with E-state index >= 15 is 0 Å². The van der Waals surface area contributed by atoms with Crippen molar-refractivity contribution in [3.63, 3.8) is 0 Å². The van der Waals surface area contributed by atoms with Crippen LogP contribution in [0.5, 0.6) is 0 Å². The van der Waals surface area contributed by atoms with Crippen molar-refractivity contribution >= 4 is 17.2 Å². The maximum Gasteiger partial charge on any atom is 0.433 e. The van der Waals surface area contributed by atoms with Crippen LogP contribution in [-0.2, 0) is 17.2 Å². The Kier molecular flexibility index (Phi) is 5.76. The van der Waals surface area contributed by atoms with Crippen LogP contribution >= 0.6 is 0 Å². The van der Waals surface area contributed by atoms with E-state index in [4.69, 9.17) is 0 Å². The minimum atomic E-state index is -4.63. The molecular formula is C20H15F3N6OS. The van der Waals surface area contributed by atoms with Crippen LogP contribution in [0.1, 0.15) is 12.1 Å². The molecule has 0 aromatic carbocycles. The maximum absolute atomic E-state index is 13.6. The second-order valence-electron chi connectivity index (χ2n) is 6.37. The van der Waals surface area contributed by atoms with Gasteiger partial charge in [-0.05, 0) is 36.4 Å². The van der Waals surface area contributed by atoms with Gasteiger partial charge in [-0.25, -0.2) is 13.9 Å². The summed E-state index contributed by atoms with van der Waals surface area (Å²) in [6.07, 6.45) is 6.73. The van der Waals surface area contributed by atoms with Gasteiger partial charge in [-0.1, -0.05) is 6.08 Å². The summed E-state index contributed by atoms with van der Waals surface area (Å²) in [5, 5.41) is 4.26. The summed E-state index contributed by atoms with van der Waals surface area (Å²) >= 11 is 0. The number of nitrogens with zero attached hydrogens (tertiary/aromatic N) is 5. The first-order valence-electron chi connectivity index (χ1n) is 9.02. The quantitative estimate of drug-likeness (QED) is 0.648. The highest BCUT2D eigenvalue weighted by Crippen LogP contribution is 2.33. The highest BCUT2D eigenvalue weighted by molar-refractivity contribution is 7.83. The third kappa shape index (κ3) is 4.77. The predicted octanol–water partition coefficient (Wildman–Crippen LogP) is 3.83. The van der Waals surface area contributed by atoms with Crippen LogP contribution in [0.25, 0.3) is 16.9 Å². The van der Waals surface area contributed by atoms with Crippen molar-refractivity contribution in [2.75, 3.05) is 0 Å². The van der Waals surface area contributed by atoms with Crippen LogP contribution < -0.4 is 4.72 Å². The van der Waals surface area contributed by atoms with Gasteiger partial charge >= 0.3 is 6.18 Å². The first-order valence-corrected chi connectivity index (χ1v) is 10.2. The van der Waals surface area contributed by atoms with Gasteiger partial charge in [0.1, 0.15) is 10.7 Å². The van der Waals surface area contributed by atoms with Gasteiger partial charge in [-0.15, -0.1) is 0 Å². The van der Waals surface area contributed by atoms with Crippen molar-refractivity contribution < 1.29 is 17.4 Å². The maximum atomic E-state index is 13.6. The van der Waals surface area contributed by atoms with E-state index in [1.54, 1.807) is 36.7 Å². The molecule has 1 aliphatic heterocycles. The van der Waals surface area contributed by atoms with E-state index in [9.17, 15) is 17.4 Å². The Balaban J connectivity index is 1.62. The fourth-order valence-corrected chi connectivity index (χ4v) is 3.62. The second kappa shape index (κ2) is 8.64. The minimum Gasteiger partial charge on any atom is -0.303 e. The van der Waals surface area contributed by atoms with Gasteiger partial charge in [0.15, 0.2) is 11.0 Å². The monoisotopic (exact) mass is 444 g/mol. The molecule has 158 valence electrons. The normalized spacial score (nSPS) is 14.7. The Morgan fingerprint density at radius 1 is 1.16 bits per heavy atom. The van der Waals surface area contributed by atoms with Crippen LogP contribution in [0.15, 0.2) is 83.0 Å². The lowest BCUT2D eigenvalue weighted by molar-refractivity contribution is -0.142. The van der Waals surface area contributed by atoms with E-state index in [-0.39, 0.29) is 16.4 Å². The van der Waals surface area contributed by atoms with Crippen molar-refractivity contribution in [2.24, 2.45) is 4.99 Å². The average molecular weight is 444 g/mol. The highest BCUT2D eigenvalue weighted by Gasteiger charge is 2.36. The third-order valence-electron chi connectivity index (χ3n) is 4.23. The number of alkyl halides is 3. The summed E-state index contributed by atoms with van der Waals surface area (Å²) in [5.41, 5.74) is 0.400. The van der Waals surface area contributed by atoms with Crippen LogP contribution in [0.2, 0.25) is 0 Å². The zero-order valence-corrected chi connectivity index (χ0v) is 16.6. The molecule has 4 rings (SSSR count). The summed E-state index contributed by atoms with van der Waals surface area (Å²) in [4.78, 5) is 11.9. The van der Waals surface area contributed by atoms with Gasteiger partial charge in [-0.2, -0.15) is 18.3 Å². The summed E-state index contributed by atoms with van der Waals surface area (Å²) in [6.45, 7) is 0. The third-order valence-corrected chi connectivity index (χ3v) is 5.30. The molecule has 4 heterocycles. The topological polar surface area (TPSA) is 85.1 Å². The smallest absolute Gasteiger partial charge is 0.303 e. The predicted molar refractivity (Wildman–Crippen MR) is 109 cm³/mol. The molecule has 0 bridgehead atoms. The van der Waals surface area contributed by atoms with Crippen LogP contribution in [0.4, 0.5) is 13.2 Å². The Labute approximate surface area is 177 Å². The molecule has 31 heavy (non-hydrogen) atoms. The molecule has 11 heteroatoms. The van der Waals surface area contributed by atoms with Gasteiger partial charge < -0.3 is 4.72 Å². The Morgan fingerprint density at radius 3 is 2.74 bits per heavy atom. The van der Waals surface area contributed by atoms with Crippen molar-refractivity contribution in [3.05, 3.63) is 78.7 Å². The van der Waals surface area contributed by atoms with E-state index in [1.165, 1.54) is 30.7 Å². The van der Waals surface area contributed by atoms with Crippen LogP contribution in [-0.4, -0.2) is 30.2 Å². The summed E-state index contributed by atoms with van der Waals surface area (Å²) in [7, 11) is -1.69. The Hall–Kier alpha value is -3.60. The lowest BCUT2D eigenvalue weighted by Crippen LogP contribution is -2.18. The van der Waals surface area contributed by atoms with Gasteiger partial charge in [0.25, 0.3) is 0 Å². The summed E-state index contributed by atoms with van der Waals surface area (Å²) < 4.78 is 56.8. The fraction of sp³-hybridized carbons (Fsp3) is 0.100. The molecule has 1 aliphatic rings. The van der Waals surface area contributed by atoms with Gasteiger partial charge in [0.2, 0.25) is 0 Å². The molecule has 3 aromatic heterocycles. The van der Waals surface area contributed by atoms with E-state index in [2.05, 4.69) is 24.8 Å². The van der Waals surface area contributed by atoms with E-state index in [0.29, 0.717) is 17.7 Å². The SMILES string of the molecule is O=S(NC1=CC=NC=CC1)c1ccc(-n2nc(-c3cccnc3)cc2C(F)(F)F)cn1. The number of allylic oxidation sites excluding steroid dienone is 2. The largest absolute Gasteiger partial charge is 0.433 e. The van der Waals surface area contributed by atoms with Crippen LogP contribution in [0, 0.1) is 0 Å². The van der Waals surface area contributed by atoms with E-state index in [0.717, 1.165) is 10.7 Å². The summed E-state index contributed by atoms with van der Waals surface area (Å²) in [5.74, 6) is 0. The van der Waals surface area contributed by atoms with Crippen molar-refractivity contribution in [1.29, 1.82) is 0 Å². The highest BCUT2D eigenvalue weighted by atomic mass is 32.2. The van der Waals surface area contributed by atoms with Crippen LogP contribution in [0.3, 0.4) is 0 Å². The second-order valence-corrected chi connectivity index (χ2v) is 7.53. The molecule has 1 unspecified atom stereocenters. The molecule has 0 aliphatic carbocycles. The number of aromatic nitrogens is 4. The van der Waals surface area contributed by atoms with Crippen molar-refractivity contribution in [2.45, 2.75) is 17.6 Å². The zero-order chi connectivity index (χ0) is 21.8. The zero-order valence-electron chi connectivity index (χ0n) is 15.8. The number of aliphatic imine (C=N–C) groups is 1. The number of hydrogen-bond acceptors (Lipinski definition) is 5. The van der Waals surface area contributed by atoms with Gasteiger partial charge in [0, 0.05) is 42.5 Å². The molecule has 1 N–H and O–H groups in total. The molecule has 7 nitrogen and oxygen atoms in total. The molecular weight excluding hydrogens is 429 g/mol. The van der Waals surface area contributed by atoms with Crippen molar-refractivity contribution in [1.82, 2.24) is 24.5 Å². The lowest BCUT2D eigenvalue weighted by Gasteiger charge is -2.11. The number of nitrogens with one attached hydrogen (secondary N) is 1. The van der Waals surface area contributed by atoms with Crippen molar-refractivity contribution in [3.8, 4) is 16.9 Å². The molecule has 0 radical (unpaired) electrons. The standard InChI is InChI=1S/C20H15F3N6OS/c21-20(22,23)18-11-17(14-3-1-9-25-12-14)27-29(18)16-5-6-19(26-13-16)31(30)28-15-4-2-8-24-10-7-15/h1-3,5-13,28H,4H2. The van der Waals surface area contributed by atoms with E-state index < -0.39 is 22.9 Å². The summed E-state index contributed by atoms with van der Waals surface area (Å²) in [6, 6.07) is 6.98. The fourth-order valence-electron chi connectivity index (χ4n) is 2.78. The molecule has 0 saturated heterocycles.